The molecule has 0 aliphatic rings. The van der Waals surface area contributed by atoms with E-state index in [9.17, 15) is 4.39 Å². The van der Waals surface area contributed by atoms with Gasteiger partial charge in [0.2, 0.25) is 0 Å². The largest absolute Gasteiger partial charge is 0.399 e. The molecule has 2 aromatic rings. The molecule has 0 saturated heterocycles. The minimum atomic E-state index is -0.259. The van der Waals surface area contributed by atoms with Gasteiger partial charge >= 0.3 is 0 Å². The molecule has 88 valence electrons. The molecule has 0 spiro atoms. The minimum absolute atomic E-state index is 0.259. The van der Waals surface area contributed by atoms with Gasteiger partial charge in [-0.2, -0.15) is 0 Å². The Hall–Kier alpha value is -2.03. The van der Waals surface area contributed by atoms with Crippen LogP contribution in [-0.4, -0.2) is 0 Å². The van der Waals surface area contributed by atoms with E-state index in [2.05, 4.69) is 5.32 Å². The lowest BCUT2D eigenvalue weighted by Crippen LogP contribution is -1.96. The summed E-state index contributed by atoms with van der Waals surface area (Å²) in [6.07, 6.45) is 0. The van der Waals surface area contributed by atoms with Crippen LogP contribution in [0.2, 0.25) is 0 Å². The van der Waals surface area contributed by atoms with E-state index in [0.29, 0.717) is 11.4 Å². The van der Waals surface area contributed by atoms with Crippen molar-refractivity contribution in [3.8, 4) is 0 Å². The number of benzene rings is 2. The van der Waals surface area contributed by atoms with Crippen molar-refractivity contribution in [3.63, 3.8) is 0 Å². The maximum atomic E-state index is 13.6. The molecule has 0 heterocycles. The Balaban J connectivity index is 2.31. The second kappa shape index (κ2) is 4.45. The fourth-order valence-electron chi connectivity index (χ4n) is 1.76. The Morgan fingerprint density at radius 3 is 2.41 bits per heavy atom. The van der Waals surface area contributed by atoms with Gasteiger partial charge in [0.05, 0.1) is 5.69 Å². The molecule has 0 saturated carbocycles. The minimum Gasteiger partial charge on any atom is -0.399 e. The second-order valence-electron chi connectivity index (χ2n) is 4.24. The van der Waals surface area contributed by atoms with Crippen LogP contribution < -0.4 is 11.1 Å². The molecule has 2 rings (SSSR count). The molecule has 0 atom stereocenters. The molecule has 0 aliphatic heterocycles. The van der Waals surface area contributed by atoms with Crippen LogP contribution in [0.4, 0.5) is 21.5 Å². The van der Waals surface area contributed by atoms with E-state index in [1.54, 1.807) is 12.1 Å². The Morgan fingerprint density at radius 2 is 1.76 bits per heavy atom. The summed E-state index contributed by atoms with van der Waals surface area (Å²) in [4.78, 5) is 0. The fraction of sp³-hybridized carbons (Fsp3) is 0.143. The molecule has 17 heavy (non-hydrogen) atoms. The predicted molar refractivity (Wildman–Crippen MR) is 70.0 cm³/mol. The second-order valence-corrected chi connectivity index (χ2v) is 4.24. The van der Waals surface area contributed by atoms with Gasteiger partial charge in [0, 0.05) is 11.4 Å². The molecule has 0 fully saturated rings. The van der Waals surface area contributed by atoms with Gasteiger partial charge in [-0.3, -0.25) is 0 Å². The van der Waals surface area contributed by atoms with Crippen LogP contribution in [0, 0.1) is 19.7 Å². The van der Waals surface area contributed by atoms with Crippen molar-refractivity contribution < 1.29 is 4.39 Å². The molecule has 2 aromatic carbocycles. The van der Waals surface area contributed by atoms with Crippen LogP contribution in [0.25, 0.3) is 0 Å². The van der Waals surface area contributed by atoms with Gasteiger partial charge in [0.1, 0.15) is 5.82 Å². The first kappa shape index (κ1) is 11.5. The van der Waals surface area contributed by atoms with Crippen molar-refractivity contribution in [2.45, 2.75) is 13.8 Å². The monoisotopic (exact) mass is 230 g/mol. The average Bonchev–Trinajstić information content (AvgIpc) is 2.21. The van der Waals surface area contributed by atoms with Crippen LogP contribution in [0.5, 0.6) is 0 Å². The number of nitrogens with one attached hydrogen (secondary N) is 1. The molecule has 2 nitrogen and oxygen atoms in total. The van der Waals surface area contributed by atoms with Gasteiger partial charge in [-0.25, -0.2) is 4.39 Å². The predicted octanol–water partition coefficient (Wildman–Crippen LogP) is 3.77. The number of nitrogen functional groups attached to an aromatic ring is 1. The molecule has 0 unspecified atom stereocenters. The van der Waals surface area contributed by atoms with Crippen molar-refractivity contribution in [1.29, 1.82) is 0 Å². The number of anilines is 3. The van der Waals surface area contributed by atoms with Crippen LogP contribution in [0.15, 0.2) is 36.4 Å². The van der Waals surface area contributed by atoms with E-state index in [1.807, 2.05) is 32.0 Å². The maximum Gasteiger partial charge on any atom is 0.146 e. The van der Waals surface area contributed by atoms with Gasteiger partial charge in [-0.1, -0.05) is 6.07 Å². The average molecular weight is 230 g/mol. The Bertz CT molecular complexity index is 530. The SMILES string of the molecule is Cc1cc(N)cc(Nc2ccc(C)cc2F)c1. The van der Waals surface area contributed by atoms with Crippen molar-refractivity contribution in [1.82, 2.24) is 0 Å². The summed E-state index contributed by atoms with van der Waals surface area (Å²) >= 11 is 0. The Morgan fingerprint density at radius 1 is 1.00 bits per heavy atom. The third-order valence-corrected chi connectivity index (χ3v) is 2.50. The van der Waals surface area contributed by atoms with Gasteiger partial charge in [0.25, 0.3) is 0 Å². The van der Waals surface area contributed by atoms with E-state index in [1.165, 1.54) is 6.07 Å². The highest BCUT2D eigenvalue weighted by Crippen LogP contribution is 2.23. The van der Waals surface area contributed by atoms with Gasteiger partial charge in [-0.15, -0.1) is 0 Å². The smallest absolute Gasteiger partial charge is 0.146 e. The molecule has 3 heteroatoms. The van der Waals surface area contributed by atoms with Crippen LogP contribution in [-0.2, 0) is 0 Å². The summed E-state index contributed by atoms with van der Waals surface area (Å²) in [6, 6.07) is 10.7. The molecule has 0 amide bonds. The molecule has 0 aromatic heterocycles. The van der Waals surface area contributed by atoms with Gasteiger partial charge in [0.15, 0.2) is 0 Å². The summed E-state index contributed by atoms with van der Waals surface area (Å²) in [5.41, 5.74) is 9.61. The first-order chi connectivity index (χ1) is 8.04. The molecule has 0 aliphatic carbocycles. The quantitative estimate of drug-likeness (QED) is 0.771. The molecule has 3 N–H and O–H groups in total. The fourth-order valence-corrected chi connectivity index (χ4v) is 1.76. The zero-order chi connectivity index (χ0) is 12.4. The Kier molecular flexibility index (Phi) is 3.00. The van der Waals surface area contributed by atoms with Crippen molar-refractivity contribution in [3.05, 3.63) is 53.3 Å². The third kappa shape index (κ3) is 2.75. The van der Waals surface area contributed by atoms with Gasteiger partial charge in [-0.05, 0) is 55.3 Å². The van der Waals surface area contributed by atoms with Crippen LogP contribution in [0.1, 0.15) is 11.1 Å². The van der Waals surface area contributed by atoms with Crippen LogP contribution >= 0.6 is 0 Å². The molecular formula is C14H15FN2. The first-order valence-electron chi connectivity index (χ1n) is 5.45. The third-order valence-electron chi connectivity index (χ3n) is 2.50. The van der Waals surface area contributed by atoms with E-state index >= 15 is 0 Å². The summed E-state index contributed by atoms with van der Waals surface area (Å²) in [5, 5.41) is 3.03. The van der Waals surface area contributed by atoms with E-state index in [-0.39, 0.29) is 5.82 Å². The summed E-state index contributed by atoms with van der Waals surface area (Å²) < 4.78 is 13.6. The molecular weight excluding hydrogens is 215 g/mol. The summed E-state index contributed by atoms with van der Waals surface area (Å²) in [7, 11) is 0. The number of aryl methyl sites for hydroxylation is 2. The maximum absolute atomic E-state index is 13.6. The summed E-state index contributed by atoms with van der Waals surface area (Å²) in [5.74, 6) is -0.259. The molecule has 0 bridgehead atoms. The lowest BCUT2D eigenvalue weighted by molar-refractivity contribution is 0.631. The topological polar surface area (TPSA) is 38.0 Å². The molecule has 0 radical (unpaired) electrons. The highest BCUT2D eigenvalue weighted by atomic mass is 19.1. The zero-order valence-corrected chi connectivity index (χ0v) is 9.92. The number of hydrogen-bond acceptors (Lipinski definition) is 2. The number of rotatable bonds is 2. The van der Waals surface area contributed by atoms with Crippen molar-refractivity contribution in [2.24, 2.45) is 0 Å². The summed E-state index contributed by atoms with van der Waals surface area (Å²) in [6.45, 7) is 3.81. The first-order valence-corrected chi connectivity index (χ1v) is 5.45. The van der Waals surface area contributed by atoms with E-state index in [4.69, 9.17) is 5.73 Å². The number of hydrogen-bond donors (Lipinski definition) is 2. The van der Waals surface area contributed by atoms with Crippen LogP contribution in [0.3, 0.4) is 0 Å². The van der Waals surface area contributed by atoms with Crippen molar-refractivity contribution in [2.75, 3.05) is 11.1 Å². The van der Waals surface area contributed by atoms with E-state index < -0.39 is 0 Å². The highest BCUT2D eigenvalue weighted by molar-refractivity contribution is 5.65. The number of halogens is 1. The normalized spacial score (nSPS) is 10.3. The lowest BCUT2D eigenvalue weighted by Gasteiger charge is -2.09. The van der Waals surface area contributed by atoms with Gasteiger partial charge < -0.3 is 11.1 Å². The Labute approximate surface area is 100 Å². The van der Waals surface area contributed by atoms with E-state index in [0.717, 1.165) is 16.8 Å². The zero-order valence-electron chi connectivity index (χ0n) is 9.92. The highest BCUT2D eigenvalue weighted by Gasteiger charge is 2.03. The number of nitrogens with two attached hydrogens (primary N) is 1. The standard InChI is InChI=1S/C14H15FN2/c1-9-3-4-14(13(15)7-9)17-12-6-10(2)5-11(16)8-12/h3-8,17H,16H2,1-2H3. The lowest BCUT2D eigenvalue weighted by atomic mass is 10.1. The van der Waals surface area contributed by atoms with Crippen molar-refractivity contribution >= 4 is 17.1 Å².